The first-order valence-corrected chi connectivity index (χ1v) is 12.3. The van der Waals surface area contributed by atoms with E-state index in [-0.39, 0.29) is 18.3 Å². The number of pyridine rings is 1. The number of aryl methyl sites for hydroxylation is 1. The highest BCUT2D eigenvalue weighted by atomic mass is 32.1. The minimum Gasteiger partial charge on any atom is -0.454 e. The number of thiazole rings is 1. The molecule has 0 atom stereocenters. The maximum atomic E-state index is 12.7. The van der Waals surface area contributed by atoms with Crippen molar-refractivity contribution < 1.29 is 19.1 Å². The van der Waals surface area contributed by atoms with Crippen molar-refractivity contribution in [3.05, 3.63) is 69.1 Å². The van der Waals surface area contributed by atoms with Gasteiger partial charge in [0.25, 0.3) is 11.5 Å². The van der Waals surface area contributed by atoms with Crippen LogP contribution in [0.2, 0.25) is 0 Å². The summed E-state index contributed by atoms with van der Waals surface area (Å²) in [7, 11) is 0. The molecular weight excluding hydrogens is 470 g/mol. The van der Waals surface area contributed by atoms with E-state index in [4.69, 9.17) is 9.47 Å². The molecule has 4 heterocycles. The Kier molecular flexibility index (Phi) is 6.77. The number of H-pyrrole nitrogens is 1. The molecule has 0 bridgehead atoms. The third-order valence-corrected chi connectivity index (χ3v) is 6.80. The first kappa shape index (κ1) is 23.1. The van der Waals surface area contributed by atoms with Crippen molar-refractivity contribution in [2.24, 2.45) is 0 Å². The minimum absolute atomic E-state index is 0.0251. The van der Waals surface area contributed by atoms with Gasteiger partial charge in [0, 0.05) is 50.7 Å². The molecule has 0 radical (unpaired) electrons. The first-order chi connectivity index (χ1) is 17.0. The number of carbonyl (C=O) groups is 2. The summed E-state index contributed by atoms with van der Waals surface area (Å²) >= 11 is 1.27. The summed E-state index contributed by atoms with van der Waals surface area (Å²) in [6.45, 7) is 4.07. The number of piperazine rings is 1. The lowest BCUT2D eigenvalue weighted by Gasteiger charge is -2.34. The Morgan fingerprint density at radius 1 is 1.11 bits per heavy atom. The number of hydrogen-bond acceptors (Lipinski definition) is 8. The monoisotopic (exact) mass is 495 g/mol. The molecule has 3 aromatic rings. The molecule has 0 unspecified atom stereocenters. The summed E-state index contributed by atoms with van der Waals surface area (Å²) in [6, 6.07) is 9.05. The van der Waals surface area contributed by atoms with Crippen molar-refractivity contribution in [3.8, 4) is 11.5 Å². The molecule has 0 aliphatic carbocycles. The van der Waals surface area contributed by atoms with Crippen LogP contribution in [0.25, 0.3) is 0 Å². The molecule has 10 nitrogen and oxygen atoms in total. The van der Waals surface area contributed by atoms with Gasteiger partial charge in [0.15, 0.2) is 16.6 Å². The van der Waals surface area contributed by atoms with Gasteiger partial charge < -0.3 is 19.4 Å². The first-order valence-electron chi connectivity index (χ1n) is 11.4. The molecule has 1 fully saturated rings. The van der Waals surface area contributed by atoms with Crippen LogP contribution in [0.4, 0.5) is 5.13 Å². The zero-order valence-electron chi connectivity index (χ0n) is 19.0. The summed E-state index contributed by atoms with van der Waals surface area (Å²) in [4.78, 5) is 47.8. The highest BCUT2D eigenvalue weighted by Gasteiger charge is 2.22. The van der Waals surface area contributed by atoms with Gasteiger partial charge in [-0.3, -0.25) is 24.6 Å². The number of aromatic amines is 1. The van der Waals surface area contributed by atoms with E-state index in [1.807, 2.05) is 28.5 Å². The van der Waals surface area contributed by atoms with Gasteiger partial charge in [0.1, 0.15) is 5.56 Å². The van der Waals surface area contributed by atoms with Gasteiger partial charge in [-0.15, -0.1) is 11.3 Å². The molecule has 182 valence electrons. The predicted molar refractivity (Wildman–Crippen MR) is 130 cm³/mol. The van der Waals surface area contributed by atoms with Crippen molar-refractivity contribution in [1.29, 1.82) is 0 Å². The molecule has 2 N–H and O–H groups in total. The lowest BCUT2D eigenvalue weighted by Crippen LogP contribution is -2.48. The van der Waals surface area contributed by atoms with E-state index in [0.717, 1.165) is 42.4 Å². The van der Waals surface area contributed by atoms with Crippen LogP contribution < -0.4 is 20.3 Å². The SMILES string of the molecule is O=C(Nc1nc(CCC(=O)N2CCN(Cc3ccc4c(c3)OCO4)CC2)cs1)c1ccc[nH]c1=O. The van der Waals surface area contributed by atoms with Crippen LogP contribution in [0.1, 0.15) is 28.0 Å². The quantitative estimate of drug-likeness (QED) is 0.516. The van der Waals surface area contributed by atoms with Crippen LogP contribution in [0.5, 0.6) is 11.5 Å². The topological polar surface area (TPSA) is 117 Å². The highest BCUT2D eigenvalue weighted by molar-refractivity contribution is 7.14. The van der Waals surface area contributed by atoms with E-state index >= 15 is 0 Å². The van der Waals surface area contributed by atoms with Gasteiger partial charge in [-0.2, -0.15) is 0 Å². The van der Waals surface area contributed by atoms with E-state index < -0.39 is 11.5 Å². The maximum absolute atomic E-state index is 12.7. The van der Waals surface area contributed by atoms with E-state index in [1.54, 1.807) is 6.07 Å². The molecule has 2 aliphatic heterocycles. The Balaban J connectivity index is 1.06. The van der Waals surface area contributed by atoms with Crippen LogP contribution in [-0.4, -0.2) is 64.6 Å². The highest BCUT2D eigenvalue weighted by Crippen LogP contribution is 2.32. The van der Waals surface area contributed by atoms with Crippen molar-refractivity contribution in [2.75, 3.05) is 38.3 Å². The van der Waals surface area contributed by atoms with Gasteiger partial charge in [0.05, 0.1) is 5.69 Å². The van der Waals surface area contributed by atoms with E-state index in [2.05, 4.69) is 20.2 Å². The smallest absolute Gasteiger partial charge is 0.263 e. The summed E-state index contributed by atoms with van der Waals surface area (Å²) in [6.07, 6.45) is 2.32. The summed E-state index contributed by atoms with van der Waals surface area (Å²) < 4.78 is 10.8. The molecule has 35 heavy (non-hydrogen) atoms. The average Bonchev–Trinajstić information content (AvgIpc) is 3.52. The van der Waals surface area contributed by atoms with Gasteiger partial charge in [-0.1, -0.05) is 6.07 Å². The number of benzene rings is 1. The molecule has 1 aromatic carbocycles. The Bertz CT molecular complexity index is 1280. The third-order valence-electron chi connectivity index (χ3n) is 6.00. The molecule has 2 aromatic heterocycles. The average molecular weight is 496 g/mol. The second-order valence-corrected chi connectivity index (χ2v) is 9.21. The summed E-state index contributed by atoms with van der Waals surface area (Å²) in [5.41, 5.74) is 1.47. The van der Waals surface area contributed by atoms with Crippen molar-refractivity contribution >= 4 is 28.3 Å². The molecular formula is C24H25N5O5S. The van der Waals surface area contributed by atoms with E-state index in [1.165, 1.54) is 23.6 Å². The van der Waals surface area contributed by atoms with Gasteiger partial charge >= 0.3 is 0 Å². The fraction of sp³-hybridized carbons (Fsp3) is 0.333. The molecule has 2 amide bonds. The number of aromatic nitrogens is 2. The zero-order valence-corrected chi connectivity index (χ0v) is 19.8. The normalized spacial score (nSPS) is 15.3. The van der Waals surface area contributed by atoms with Gasteiger partial charge in [0.2, 0.25) is 12.7 Å². The number of anilines is 1. The lowest BCUT2D eigenvalue weighted by molar-refractivity contribution is -0.133. The molecule has 0 spiro atoms. The largest absolute Gasteiger partial charge is 0.454 e. The summed E-state index contributed by atoms with van der Waals surface area (Å²) in [5, 5.41) is 4.86. The maximum Gasteiger partial charge on any atom is 0.263 e. The second-order valence-electron chi connectivity index (χ2n) is 8.36. The predicted octanol–water partition coefficient (Wildman–Crippen LogP) is 2.09. The fourth-order valence-electron chi connectivity index (χ4n) is 4.09. The summed E-state index contributed by atoms with van der Waals surface area (Å²) in [5.74, 6) is 1.16. The second kappa shape index (κ2) is 10.3. The standard InChI is InChI=1S/C24H25N5O5S/c30-21(6-4-17-14-35-24(26-17)27-23(32)18-2-1-7-25-22(18)31)29-10-8-28(9-11-29)13-16-3-5-19-20(12-16)34-15-33-19/h1-3,5,7,12,14H,4,6,8-11,13,15H2,(H,25,31)(H,26,27,32). The van der Waals surface area contributed by atoms with E-state index in [9.17, 15) is 14.4 Å². The lowest BCUT2D eigenvalue weighted by atomic mass is 10.1. The van der Waals surface area contributed by atoms with Gasteiger partial charge in [-0.05, 0) is 36.2 Å². The number of amides is 2. The number of hydrogen-bond donors (Lipinski definition) is 2. The molecule has 2 aliphatic rings. The zero-order chi connectivity index (χ0) is 24.2. The van der Waals surface area contributed by atoms with Crippen molar-refractivity contribution in [2.45, 2.75) is 19.4 Å². The Morgan fingerprint density at radius 3 is 2.77 bits per heavy atom. The number of nitrogens with zero attached hydrogens (tertiary/aromatic N) is 3. The van der Waals surface area contributed by atoms with E-state index in [0.29, 0.717) is 31.1 Å². The fourth-order valence-corrected chi connectivity index (χ4v) is 4.83. The van der Waals surface area contributed by atoms with Crippen LogP contribution in [-0.2, 0) is 17.8 Å². The van der Waals surface area contributed by atoms with Crippen LogP contribution in [0.3, 0.4) is 0 Å². The Hall–Kier alpha value is -3.70. The van der Waals surface area contributed by atoms with Crippen LogP contribution >= 0.6 is 11.3 Å². The third kappa shape index (κ3) is 5.52. The number of fused-ring (bicyclic) bond motifs is 1. The Morgan fingerprint density at radius 2 is 1.94 bits per heavy atom. The molecule has 1 saturated heterocycles. The van der Waals surface area contributed by atoms with Crippen molar-refractivity contribution in [1.82, 2.24) is 19.8 Å². The molecule has 11 heteroatoms. The number of carbonyl (C=O) groups excluding carboxylic acids is 2. The number of nitrogens with one attached hydrogen (secondary N) is 2. The number of ether oxygens (including phenoxy) is 2. The molecule has 0 saturated carbocycles. The van der Waals surface area contributed by atoms with Crippen LogP contribution in [0, 0.1) is 0 Å². The molecule has 5 rings (SSSR count). The van der Waals surface area contributed by atoms with Gasteiger partial charge in [-0.25, -0.2) is 4.98 Å². The van der Waals surface area contributed by atoms with Crippen molar-refractivity contribution in [3.63, 3.8) is 0 Å². The Labute approximate surface area is 205 Å². The minimum atomic E-state index is -0.512. The van der Waals surface area contributed by atoms with Crippen LogP contribution in [0.15, 0.2) is 46.7 Å². The number of rotatable bonds is 7.